The number of esters is 1. The SMILES string of the molecule is C[C@@H](c1ccccc1)[C@H](NC(=O)c1ccccc1)C(=O)OC(C)(C)C. The fourth-order valence-electron chi connectivity index (χ4n) is 2.52. The smallest absolute Gasteiger partial charge is 0.329 e. The molecule has 1 N–H and O–H groups in total. The first-order valence-corrected chi connectivity index (χ1v) is 8.41. The summed E-state index contributed by atoms with van der Waals surface area (Å²) in [6, 6.07) is 17.7. The maximum Gasteiger partial charge on any atom is 0.329 e. The summed E-state index contributed by atoms with van der Waals surface area (Å²) >= 11 is 0. The van der Waals surface area contributed by atoms with E-state index in [4.69, 9.17) is 4.74 Å². The first-order chi connectivity index (χ1) is 11.8. The third-order valence-electron chi connectivity index (χ3n) is 3.81. The van der Waals surface area contributed by atoms with Crippen molar-refractivity contribution in [3.63, 3.8) is 0 Å². The van der Waals surface area contributed by atoms with Crippen LogP contribution in [0.4, 0.5) is 0 Å². The van der Waals surface area contributed by atoms with Crippen LogP contribution in [0.15, 0.2) is 60.7 Å². The van der Waals surface area contributed by atoms with E-state index < -0.39 is 17.6 Å². The van der Waals surface area contributed by atoms with Gasteiger partial charge in [0.1, 0.15) is 11.6 Å². The second kappa shape index (κ2) is 7.97. The van der Waals surface area contributed by atoms with Crippen molar-refractivity contribution in [1.29, 1.82) is 0 Å². The van der Waals surface area contributed by atoms with Gasteiger partial charge >= 0.3 is 5.97 Å². The fourth-order valence-corrected chi connectivity index (χ4v) is 2.52. The van der Waals surface area contributed by atoms with Crippen LogP contribution in [0.2, 0.25) is 0 Å². The van der Waals surface area contributed by atoms with Crippen LogP contribution in [0.5, 0.6) is 0 Å². The number of rotatable bonds is 5. The number of ether oxygens (including phenoxy) is 1. The average molecular weight is 339 g/mol. The molecule has 0 radical (unpaired) electrons. The molecule has 2 aromatic carbocycles. The summed E-state index contributed by atoms with van der Waals surface area (Å²) in [7, 11) is 0. The van der Waals surface area contributed by atoms with Crippen LogP contribution < -0.4 is 5.32 Å². The lowest BCUT2D eigenvalue weighted by molar-refractivity contribution is -0.157. The summed E-state index contributed by atoms with van der Waals surface area (Å²) in [5, 5.41) is 2.84. The molecule has 132 valence electrons. The van der Waals surface area contributed by atoms with Crippen molar-refractivity contribution in [2.75, 3.05) is 0 Å². The van der Waals surface area contributed by atoms with E-state index >= 15 is 0 Å². The standard InChI is InChI=1S/C21H25NO3/c1-15(16-11-7-5-8-12-16)18(20(24)25-21(2,3)4)22-19(23)17-13-9-6-10-14-17/h5-15,18H,1-4H3,(H,22,23)/t15-,18-/m0/s1. The van der Waals surface area contributed by atoms with Crippen LogP contribution in [-0.2, 0) is 9.53 Å². The molecule has 2 aromatic rings. The summed E-state index contributed by atoms with van der Waals surface area (Å²) in [5.74, 6) is -0.948. The third-order valence-corrected chi connectivity index (χ3v) is 3.81. The second-order valence-corrected chi connectivity index (χ2v) is 7.05. The molecule has 0 saturated heterocycles. The summed E-state index contributed by atoms with van der Waals surface area (Å²) in [5.41, 5.74) is 0.853. The van der Waals surface area contributed by atoms with E-state index in [1.165, 1.54) is 0 Å². The summed E-state index contributed by atoms with van der Waals surface area (Å²) in [6.07, 6.45) is 0. The molecule has 2 atom stereocenters. The van der Waals surface area contributed by atoms with Crippen LogP contribution in [0.1, 0.15) is 49.5 Å². The van der Waals surface area contributed by atoms with Gasteiger partial charge in [0.05, 0.1) is 0 Å². The van der Waals surface area contributed by atoms with E-state index in [-0.39, 0.29) is 11.8 Å². The Morgan fingerprint density at radius 1 is 0.920 bits per heavy atom. The molecule has 4 nitrogen and oxygen atoms in total. The largest absolute Gasteiger partial charge is 0.458 e. The summed E-state index contributed by atoms with van der Waals surface area (Å²) < 4.78 is 5.53. The molecule has 25 heavy (non-hydrogen) atoms. The van der Waals surface area contributed by atoms with Gasteiger partial charge in [-0.25, -0.2) is 4.79 Å². The number of hydrogen-bond donors (Lipinski definition) is 1. The maximum absolute atomic E-state index is 12.7. The van der Waals surface area contributed by atoms with Crippen molar-refractivity contribution in [2.45, 2.75) is 45.3 Å². The molecular weight excluding hydrogens is 314 g/mol. The Bertz CT molecular complexity index is 705. The predicted molar refractivity (Wildman–Crippen MR) is 98.4 cm³/mol. The number of nitrogens with one attached hydrogen (secondary N) is 1. The molecule has 4 heteroatoms. The Balaban J connectivity index is 2.25. The minimum Gasteiger partial charge on any atom is -0.458 e. The Labute approximate surface area is 149 Å². The minimum absolute atomic E-state index is 0.219. The van der Waals surface area contributed by atoms with Gasteiger partial charge in [-0.1, -0.05) is 55.5 Å². The predicted octanol–water partition coefficient (Wildman–Crippen LogP) is 3.93. The molecule has 0 saturated carbocycles. The van der Waals surface area contributed by atoms with Gasteiger partial charge in [-0.3, -0.25) is 4.79 Å². The molecule has 0 unspecified atom stereocenters. The highest BCUT2D eigenvalue weighted by Crippen LogP contribution is 2.22. The van der Waals surface area contributed by atoms with E-state index in [2.05, 4.69) is 5.32 Å². The Morgan fingerprint density at radius 3 is 1.96 bits per heavy atom. The molecule has 0 aliphatic carbocycles. The van der Waals surface area contributed by atoms with Crippen molar-refractivity contribution in [1.82, 2.24) is 5.32 Å². The second-order valence-electron chi connectivity index (χ2n) is 7.05. The lowest BCUT2D eigenvalue weighted by Crippen LogP contribution is -2.47. The van der Waals surface area contributed by atoms with Gasteiger partial charge in [-0.2, -0.15) is 0 Å². The lowest BCUT2D eigenvalue weighted by Gasteiger charge is -2.28. The summed E-state index contributed by atoms with van der Waals surface area (Å²) in [4.78, 5) is 25.2. The zero-order valence-electron chi connectivity index (χ0n) is 15.2. The number of hydrogen-bond acceptors (Lipinski definition) is 3. The highest BCUT2D eigenvalue weighted by atomic mass is 16.6. The molecule has 0 spiro atoms. The zero-order valence-corrected chi connectivity index (χ0v) is 15.2. The first-order valence-electron chi connectivity index (χ1n) is 8.41. The van der Waals surface area contributed by atoms with E-state index in [0.29, 0.717) is 5.56 Å². The monoisotopic (exact) mass is 339 g/mol. The quantitative estimate of drug-likeness (QED) is 0.840. The van der Waals surface area contributed by atoms with Gasteiger partial charge in [0.15, 0.2) is 0 Å². The van der Waals surface area contributed by atoms with Crippen molar-refractivity contribution < 1.29 is 14.3 Å². The average Bonchev–Trinajstić information content (AvgIpc) is 2.59. The van der Waals surface area contributed by atoms with E-state index in [9.17, 15) is 9.59 Å². The van der Waals surface area contributed by atoms with Crippen LogP contribution in [0.25, 0.3) is 0 Å². The van der Waals surface area contributed by atoms with Crippen LogP contribution >= 0.6 is 0 Å². The fraction of sp³-hybridized carbons (Fsp3) is 0.333. The summed E-state index contributed by atoms with van der Waals surface area (Å²) in [6.45, 7) is 7.35. The van der Waals surface area contributed by atoms with Crippen molar-refractivity contribution in [3.8, 4) is 0 Å². The molecular formula is C21H25NO3. The first kappa shape index (κ1) is 18.7. The number of benzene rings is 2. The van der Waals surface area contributed by atoms with Crippen molar-refractivity contribution in [3.05, 3.63) is 71.8 Å². The van der Waals surface area contributed by atoms with Gasteiger partial charge in [0.25, 0.3) is 5.91 Å². The number of carbonyl (C=O) groups excluding carboxylic acids is 2. The normalized spacial score (nSPS) is 13.6. The van der Waals surface area contributed by atoms with Gasteiger partial charge in [0, 0.05) is 11.5 Å². The van der Waals surface area contributed by atoms with Gasteiger partial charge in [-0.15, -0.1) is 0 Å². The molecule has 0 aliphatic rings. The van der Waals surface area contributed by atoms with E-state index in [1.54, 1.807) is 24.3 Å². The lowest BCUT2D eigenvalue weighted by atomic mass is 9.92. The topological polar surface area (TPSA) is 55.4 Å². The molecule has 0 heterocycles. The molecule has 0 aliphatic heterocycles. The van der Waals surface area contributed by atoms with Gasteiger partial charge in [0.2, 0.25) is 0 Å². The maximum atomic E-state index is 12.7. The number of carbonyl (C=O) groups is 2. The zero-order chi connectivity index (χ0) is 18.4. The molecule has 0 fully saturated rings. The molecule has 0 bridgehead atoms. The van der Waals surface area contributed by atoms with Gasteiger partial charge < -0.3 is 10.1 Å². The molecule has 1 amide bonds. The van der Waals surface area contributed by atoms with Crippen LogP contribution in [0.3, 0.4) is 0 Å². The van der Waals surface area contributed by atoms with Crippen molar-refractivity contribution in [2.24, 2.45) is 0 Å². The molecule has 2 rings (SSSR count). The minimum atomic E-state index is -0.769. The highest BCUT2D eigenvalue weighted by Gasteiger charge is 2.32. The number of amides is 1. The van der Waals surface area contributed by atoms with Crippen LogP contribution in [-0.4, -0.2) is 23.5 Å². The van der Waals surface area contributed by atoms with E-state index in [0.717, 1.165) is 5.56 Å². The van der Waals surface area contributed by atoms with Crippen LogP contribution in [0, 0.1) is 0 Å². The Morgan fingerprint density at radius 2 is 1.44 bits per heavy atom. The third kappa shape index (κ3) is 5.45. The van der Waals surface area contributed by atoms with Gasteiger partial charge in [-0.05, 0) is 38.5 Å². The molecule has 0 aromatic heterocycles. The highest BCUT2D eigenvalue weighted by molar-refractivity contribution is 5.97. The van der Waals surface area contributed by atoms with E-state index in [1.807, 2.05) is 64.1 Å². The Hall–Kier alpha value is -2.62. The Kier molecular flexibility index (Phi) is 5.97. The van der Waals surface area contributed by atoms with Crippen molar-refractivity contribution >= 4 is 11.9 Å².